The van der Waals surface area contributed by atoms with Crippen LogP contribution >= 0.6 is 0 Å². The average Bonchev–Trinajstić information content (AvgIpc) is 3.20. The van der Waals surface area contributed by atoms with Crippen molar-refractivity contribution in [1.82, 2.24) is 20.2 Å². The number of hydrogen-bond donors (Lipinski definition) is 1. The van der Waals surface area contributed by atoms with E-state index in [1.165, 1.54) is 0 Å². The van der Waals surface area contributed by atoms with E-state index in [-0.39, 0.29) is 6.61 Å². The van der Waals surface area contributed by atoms with Gasteiger partial charge < -0.3 is 14.8 Å². The van der Waals surface area contributed by atoms with Crippen molar-refractivity contribution < 1.29 is 14.3 Å². The van der Waals surface area contributed by atoms with Gasteiger partial charge in [-0.3, -0.25) is 0 Å². The van der Waals surface area contributed by atoms with Gasteiger partial charge >= 0.3 is 5.97 Å². The van der Waals surface area contributed by atoms with Crippen LogP contribution in [0.15, 0.2) is 65.9 Å². The van der Waals surface area contributed by atoms with Gasteiger partial charge in [-0.15, -0.1) is 0 Å². The summed E-state index contributed by atoms with van der Waals surface area (Å²) in [5, 5.41) is 14.9. The van der Waals surface area contributed by atoms with E-state index in [1.54, 1.807) is 4.68 Å². The number of tetrazole rings is 1. The van der Waals surface area contributed by atoms with E-state index in [2.05, 4.69) is 20.8 Å². The van der Waals surface area contributed by atoms with E-state index in [9.17, 15) is 4.79 Å². The summed E-state index contributed by atoms with van der Waals surface area (Å²) in [5.74, 6) is 0.758. The predicted molar refractivity (Wildman–Crippen MR) is 106 cm³/mol. The standard InChI is InChI=1S/C21H21N5O3/c1-3-28-17-11-7-10-16(12-17)19-18(14(2)22-21-23-24-25-26(19)21)20(27)29-13-15-8-5-4-6-9-15/h4-12,19H,3,13H2,1-2H3,(H,22,23,25). The first-order valence-corrected chi connectivity index (χ1v) is 9.37. The molecule has 0 spiro atoms. The Hall–Kier alpha value is -3.68. The fourth-order valence-corrected chi connectivity index (χ4v) is 3.33. The number of nitrogens with zero attached hydrogens (tertiary/aromatic N) is 4. The van der Waals surface area contributed by atoms with Crippen LogP contribution in [0.2, 0.25) is 0 Å². The van der Waals surface area contributed by atoms with Gasteiger partial charge in [-0.1, -0.05) is 47.6 Å². The first-order chi connectivity index (χ1) is 14.2. The van der Waals surface area contributed by atoms with E-state index in [0.29, 0.717) is 29.6 Å². The lowest BCUT2D eigenvalue weighted by Gasteiger charge is -2.27. The fraction of sp³-hybridized carbons (Fsp3) is 0.238. The SMILES string of the molecule is CCOc1cccc(C2C(C(=O)OCc3ccccc3)=C(C)Nc3nnnn32)c1. The number of ether oxygens (including phenoxy) is 2. The van der Waals surface area contributed by atoms with Crippen molar-refractivity contribution in [3.8, 4) is 5.75 Å². The van der Waals surface area contributed by atoms with Crippen LogP contribution in [-0.2, 0) is 16.1 Å². The maximum Gasteiger partial charge on any atom is 0.338 e. The summed E-state index contributed by atoms with van der Waals surface area (Å²) >= 11 is 0. The van der Waals surface area contributed by atoms with Gasteiger partial charge in [0, 0.05) is 5.70 Å². The monoisotopic (exact) mass is 391 g/mol. The summed E-state index contributed by atoms with van der Waals surface area (Å²) in [6.45, 7) is 4.47. The molecule has 0 saturated carbocycles. The van der Waals surface area contributed by atoms with Crippen LogP contribution in [0.5, 0.6) is 5.75 Å². The second-order valence-corrected chi connectivity index (χ2v) is 6.58. The first kappa shape index (κ1) is 18.7. The minimum atomic E-state index is -0.523. The molecule has 2 aromatic carbocycles. The summed E-state index contributed by atoms with van der Waals surface area (Å²) < 4.78 is 12.8. The lowest BCUT2D eigenvalue weighted by atomic mass is 9.95. The van der Waals surface area contributed by atoms with E-state index >= 15 is 0 Å². The molecule has 148 valence electrons. The molecule has 1 atom stereocenters. The quantitative estimate of drug-likeness (QED) is 0.646. The summed E-state index contributed by atoms with van der Waals surface area (Å²) in [4.78, 5) is 13.1. The van der Waals surface area contributed by atoms with Gasteiger partial charge in [0.1, 0.15) is 18.4 Å². The van der Waals surface area contributed by atoms with Gasteiger partial charge in [0.25, 0.3) is 0 Å². The number of aromatic nitrogens is 4. The highest BCUT2D eigenvalue weighted by molar-refractivity contribution is 5.92. The van der Waals surface area contributed by atoms with Crippen molar-refractivity contribution in [2.45, 2.75) is 26.5 Å². The molecular weight excluding hydrogens is 370 g/mol. The van der Waals surface area contributed by atoms with E-state index in [1.807, 2.05) is 68.4 Å². The van der Waals surface area contributed by atoms with Crippen molar-refractivity contribution in [2.75, 3.05) is 11.9 Å². The largest absolute Gasteiger partial charge is 0.494 e. The minimum absolute atomic E-state index is 0.185. The third kappa shape index (κ3) is 3.82. The maximum absolute atomic E-state index is 13.1. The van der Waals surface area contributed by atoms with E-state index in [4.69, 9.17) is 9.47 Å². The number of anilines is 1. The Labute approximate surface area is 168 Å². The Balaban J connectivity index is 1.68. The molecule has 3 aromatic rings. The lowest BCUT2D eigenvalue weighted by Crippen LogP contribution is -2.29. The third-order valence-electron chi connectivity index (χ3n) is 4.63. The number of benzene rings is 2. The third-order valence-corrected chi connectivity index (χ3v) is 4.63. The number of esters is 1. The molecule has 0 radical (unpaired) electrons. The molecule has 2 heterocycles. The van der Waals surface area contributed by atoms with E-state index < -0.39 is 12.0 Å². The average molecular weight is 391 g/mol. The Morgan fingerprint density at radius 1 is 1.17 bits per heavy atom. The molecule has 0 aliphatic carbocycles. The normalized spacial score (nSPS) is 15.4. The molecule has 1 N–H and O–H groups in total. The second kappa shape index (κ2) is 8.14. The molecule has 4 rings (SSSR count). The van der Waals surface area contributed by atoms with Crippen LogP contribution in [0.4, 0.5) is 5.95 Å². The van der Waals surface area contributed by atoms with Gasteiger partial charge in [0.2, 0.25) is 5.95 Å². The van der Waals surface area contributed by atoms with Crippen molar-refractivity contribution in [3.63, 3.8) is 0 Å². The molecule has 8 nitrogen and oxygen atoms in total. The summed E-state index contributed by atoms with van der Waals surface area (Å²) in [7, 11) is 0. The molecule has 0 fully saturated rings. The molecule has 8 heteroatoms. The minimum Gasteiger partial charge on any atom is -0.494 e. The second-order valence-electron chi connectivity index (χ2n) is 6.58. The lowest BCUT2D eigenvalue weighted by molar-refractivity contribution is -0.140. The smallest absolute Gasteiger partial charge is 0.338 e. The number of hydrogen-bond acceptors (Lipinski definition) is 7. The number of rotatable bonds is 6. The Morgan fingerprint density at radius 2 is 2.00 bits per heavy atom. The molecule has 1 aliphatic rings. The van der Waals surface area contributed by atoms with Crippen LogP contribution in [0.3, 0.4) is 0 Å². The van der Waals surface area contributed by atoms with Crippen LogP contribution in [0, 0.1) is 0 Å². The molecule has 1 unspecified atom stereocenters. The molecule has 29 heavy (non-hydrogen) atoms. The van der Waals surface area contributed by atoms with Crippen molar-refractivity contribution in [2.24, 2.45) is 0 Å². The summed E-state index contributed by atoms with van der Waals surface area (Å²) in [5.41, 5.74) is 2.85. The topological polar surface area (TPSA) is 91.2 Å². The van der Waals surface area contributed by atoms with Gasteiger partial charge in [-0.05, 0) is 47.5 Å². The number of fused-ring (bicyclic) bond motifs is 1. The van der Waals surface area contributed by atoms with Crippen LogP contribution in [0.25, 0.3) is 0 Å². The zero-order chi connectivity index (χ0) is 20.2. The molecular formula is C21H21N5O3. The first-order valence-electron chi connectivity index (χ1n) is 9.37. The highest BCUT2D eigenvalue weighted by Crippen LogP contribution is 2.36. The van der Waals surface area contributed by atoms with Crippen molar-refractivity contribution in [3.05, 3.63) is 77.0 Å². The predicted octanol–water partition coefficient (Wildman–Crippen LogP) is 3.10. The number of allylic oxidation sites excluding steroid dienone is 1. The Morgan fingerprint density at radius 3 is 2.79 bits per heavy atom. The zero-order valence-corrected chi connectivity index (χ0v) is 16.2. The summed E-state index contributed by atoms with van der Waals surface area (Å²) in [6, 6.07) is 16.6. The molecule has 0 bridgehead atoms. The zero-order valence-electron chi connectivity index (χ0n) is 16.2. The fourth-order valence-electron chi connectivity index (χ4n) is 3.33. The van der Waals surface area contributed by atoms with Crippen molar-refractivity contribution >= 4 is 11.9 Å². The van der Waals surface area contributed by atoms with Gasteiger partial charge in [-0.25, -0.2) is 4.79 Å². The number of carbonyl (C=O) groups excluding carboxylic acids is 1. The van der Waals surface area contributed by atoms with Gasteiger partial charge in [0.15, 0.2) is 0 Å². The number of carbonyl (C=O) groups is 1. The summed E-state index contributed by atoms with van der Waals surface area (Å²) in [6.07, 6.45) is 0. The highest BCUT2D eigenvalue weighted by atomic mass is 16.5. The van der Waals surface area contributed by atoms with E-state index in [0.717, 1.165) is 11.1 Å². The van der Waals surface area contributed by atoms with Crippen LogP contribution in [-0.4, -0.2) is 32.8 Å². The van der Waals surface area contributed by atoms with Crippen LogP contribution < -0.4 is 10.1 Å². The van der Waals surface area contributed by atoms with Crippen molar-refractivity contribution in [1.29, 1.82) is 0 Å². The van der Waals surface area contributed by atoms with Gasteiger partial charge in [-0.2, -0.15) is 4.68 Å². The maximum atomic E-state index is 13.1. The molecule has 0 saturated heterocycles. The molecule has 0 amide bonds. The molecule has 1 aliphatic heterocycles. The Bertz CT molecular complexity index is 1050. The van der Waals surface area contributed by atoms with Crippen LogP contribution in [0.1, 0.15) is 31.0 Å². The Kier molecular flexibility index (Phi) is 5.24. The highest BCUT2D eigenvalue weighted by Gasteiger charge is 2.35. The number of nitrogens with one attached hydrogen (secondary N) is 1. The van der Waals surface area contributed by atoms with Gasteiger partial charge in [0.05, 0.1) is 12.2 Å². The molecule has 1 aromatic heterocycles.